The Labute approximate surface area is 95.1 Å². The summed E-state index contributed by atoms with van der Waals surface area (Å²) in [5, 5.41) is 0. The number of methoxy groups -OCH3 is 1. The van der Waals surface area contributed by atoms with Crippen LogP contribution in [0.25, 0.3) is 0 Å². The molecule has 0 unspecified atom stereocenters. The summed E-state index contributed by atoms with van der Waals surface area (Å²) < 4.78 is 58.2. The normalized spacial score (nSPS) is 11.6. The lowest BCUT2D eigenvalue weighted by Gasteiger charge is -2.16. The maximum absolute atomic E-state index is 12.6. The minimum atomic E-state index is -4.19. The molecule has 0 saturated carbocycles. The Hall–Kier alpha value is -1.66. The monoisotopic (exact) mass is 253 g/mol. The Balaban J connectivity index is 2.70. The fourth-order valence-corrected chi connectivity index (χ4v) is 1.02. The van der Waals surface area contributed by atoms with Crippen molar-refractivity contribution in [3.63, 3.8) is 0 Å². The second-order valence-corrected chi connectivity index (χ2v) is 3.25. The number of nitrogen functional groups attached to an aromatic ring is 1. The Morgan fingerprint density at radius 1 is 1.35 bits per heavy atom. The molecule has 1 aromatic rings. The molecule has 1 aromatic carbocycles. The zero-order valence-corrected chi connectivity index (χ0v) is 8.92. The van der Waals surface area contributed by atoms with Crippen LogP contribution in [0.1, 0.15) is 0 Å². The summed E-state index contributed by atoms with van der Waals surface area (Å²) in [5.74, 6) is -3.98. The summed E-state index contributed by atoms with van der Waals surface area (Å²) in [4.78, 5) is 0. The fraction of sp³-hybridized carbons (Fsp3) is 0.400. The number of benzene rings is 1. The predicted octanol–water partition coefficient (Wildman–Crippen LogP) is 2.56. The number of ether oxygens (including phenoxy) is 2. The number of anilines is 1. The molecule has 3 nitrogen and oxygen atoms in total. The first kappa shape index (κ1) is 13.4. The van der Waals surface area contributed by atoms with E-state index in [0.717, 1.165) is 0 Å². The first-order chi connectivity index (χ1) is 7.86. The highest BCUT2D eigenvalue weighted by Crippen LogP contribution is 2.29. The van der Waals surface area contributed by atoms with Crippen LogP contribution in [0, 0.1) is 0 Å². The van der Waals surface area contributed by atoms with Gasteiger partial charge in [-0.2, -0.15) is 8.78 Å². The molecule has 0 aliphatic heterocycles. The summed E-state index contributed by atoms with van der Waals surface area (Å²) in [5.41, 5.74) is 5.77. The Bertz CT molecular complexity index is 385. The molecule has 0 amide bonds. The van der Waals surface area contributed by atoms with Crippen molar-refractivity contribution in [2.45, 2.75) is 12.3 Å². The number of alkyl halides is 4. The zero-order chi connectivity index (χ0) is 13.1. The van der Waals surface area contributed by atoms with Gasteiger partial charge in [0.15, 0.2) is 6.61 Å². The maximum Gasteiger partial charge on any atom is 0.340 e. The second-order valence-electron chi connectivity index (χ2n) is 3.25. The van der Waals surface area contributed by atoms with E-state index in [0.29, 0.717) is 5.69 Å². The Kier molecular flexibility index (Phi) is 4.03. The van der Waals surface area contributed by atoms with Gasteiger partial charge in [-0.25, -0.2) is 8.78 Å². The minimum Gasteiger partial charge on any atom is -0.494 e. The number of rotatable bonds is 5. The van der Waals surface area contributed by atoms with Gasteiger partial charge in [-0.05, 0) is 12.1 Å². The molecule has 7 heteroatoms. The van der Waals surface area contributed by atoms with Crippen LogP contribution in [0.2, 0.25) is 0 Å². The van der Waals surface area contributed by atoms with Crippen LogP contribution in [0.4, 0.5) is 23.2 Å². The van der Waals surface area contributed by atoms with Crippen molar-refractivity contribution in [1.29, 1.82) is 0 Å². The molecule has 96 valence electrons. The molecule has 0 fully saturated rings. The van der Waals surface area contributed by atoms with Crippen LogP contribution >= 0.6 is 0 Å². The molecule has 0 aliphatic carbocycles. The molecule has 17 heavy (non-hydrogen) atoms. The Morgan fingerprint density at radius 3 is 2.53 bits per heavy atom. The zero-order valence-electron chi connectivity index (χ0n) is 8.92. The summed E-state index contributed by atoms with van der Waals surface area (Å²) in [6, 6.07) is 3.91. The predicted molar refractivity (Wildman–Crippen MR) is 53.9 cm³/mol. The summed E-state index contributed by atoms with van der Waals surface area (Å²) >= 11 is 0. The van der Waals surface area contributed by atoms with Crippen LogP contribution in [-0.2, 0) is 0 Å². The van der Waals surface area contributed by atoms with Crippen molar-refractivity contribution in [3.05, 3.63) is 18.2 Å². The Morgan fingerprint density at radius 2 is 2.00 bits per heavy atom. The van der Waals surface area contributed by atoms with Crippen LogP contribution in [0.5, 0.6) is 11.5 Å². The third-order valence-corrected chi connectivity index (χ3v) is 1.96. The highest BCUT2D eigenvalue weighted by molar-refractivity contribution is 5.55. The van der Waals surface area contributed by atoms with Gasteiger partial charge in [-0.3, -0.25) is 0 Å². The molecule has 0 atom stereocenters. The van der Waals surface area contributed by atoms with Crippen LogP contribution in [0.3, 0.4) is 0 Å². The van der Waals surface area contributed by atoms with Crippen LogP contribution < -0.4 is 15.2 Å². The first-order valence-electron chi connectivity index (χ1n) is 4.59. The standard InChI is InChI=1S/C10H11F4NO2/c1-16-8-4-6(2-3-7(8)15)17-5-10(13,14)9(11)12/h2-4,9H,5,15H2,1H3. The number of hydrogen-bond acceptors (Lipinski definition) is 3. The van der Waals surface area contributed by atoms with Gasteiger partial charge in [0.25, 0.3) is 0 Å². The average Bonchev–Trinajstić information content (AvgIpc) is 2.28. The molecular weight excluding hydrogens is 242 g/mol. The highest BCUT2D eigenvalue weighted by atomic mass is 19.3. The van der Waals surface area contributed by atoms with E-state index in [1.807, 2.05) is 0 Å². The van der Waals surface area contributed by atoms with E-state index in [1.165, 1.54) is 25.3 Å². The molecule has 0 saturated heterocycles. The first-order valence-corrected chi connectivity index (χ1v) is 4.59. The molecule has 0 aromatic heterocycles. The quantitative estimate of drug-likeness (QED) is 0.648. The molecule has 1 rings (SSSR count). The van der Waals surface area contributed by atoms with E-state index in [9.17, 15) is 17.6 Å². The number of halogens is 4. The second kappa shape index (κ2) is 5.11. The van der Waals surface area contributed by atoms with Gasteiger partial charge in [-0.1, -0.05) is 0 Å². The smallest absolute Gasteiger partial charge is 0.340 e. The molecule has 0 aliphatic rings. The van der Waals surface area contributed by atoms with E-state index in [4.69, 9.17) is 10.5 Å². The topological polar surface area (TPSA) is 44.5 Å². The number of nitrogens with two attached hydrogens (primary N) is 1. The van der Waals surface area contributed by atoms with Gasteiger partial charge in [0, 0.05) is 6.07 Å². The average molecular weight is 253 g/mol. The summed E-state index contributed by atoms with van der Waals surface area (Å²) in [6.45, 7) is -1.41. The lowest BCUT2D eigenvalue weighted by Crippen LogP contribution is -2.33. The molecular formula is C10H11F4NO2. The largest absolute Gasteiger partial charge is 0.494 e. The van der Waals surface area contributed by atoms with Gasteiger partial charge in [0.1, 0.15) is 11.5 Å². The third kappa shape index (κ3) is 3.40. The lowest BCUT2D eigenvalue weighted by molar-refractivity contribution is -0.148. The van der Waals surface area contributed by atoms with Crippen molar-refractivity contribution >= 4 is 5.69 Å². The number of hydrogen-bond donors (Lipinski definition) is 1. The molecule has 0 heterocycles. The van der Waals surface area contributed by atoms with Gasteiger partial charge in [0.05, 0.1) is 12.8 Å². The van der Waals surface area contributed by atoms with Gasteiger partial charge in [-0.15, -0.1) is 0 Å². The van der Waals surface area contributed by atoms with E-state index in [1.54, 1.807) is 0 Å². The SMILES string of the molecule is COc1cc(OCC(F)(F)C(F)F)ccc1N. The van der Waals surface area contributed by atoms with Crippen LogP contribution in [0.15, 0.2) is 18.2 Å². The maximum atomic E-state index is 12.6. The van der Waals surface area contributed by atoms with Crippen molar-refractivity contribution in [3.8, 4) is 11.5 Å². The van der Waals surface area contributed by atoms with E-state index < -0.39 is 19.0 Å². The van der Waals surface area contributed by atoms with E-state index in [2.05, 4.69) is 4.74 Å². The van der Waals surface area contributed by atoms with Crippen LogP contribution in [-0.4, -0.2) is 26.1 Å². The van der Waals surface area contributed by atoms with Crippen molar-refractivity contribution in [2.75, 3.05) is 19.5 Å². The van der Waals surface area contributed by atoms with Gasteiger partial charge in [0.2, 0.25) is 0 Å². The summed E-state index contributed by atoms with van der Waals surface area (Å²) in [7, 11) is 1.34. The third-order valence-electron chi connectivity index (χ3n) is 1.96. The van der Waals surface area contributed by atoms with Gasteiger partial charge < -0.3 is 15.2 Å². The van der Waals surface area contributed by atoms with Crippen molar-refractivity contribution in [2.24, 2.45) is 0 Å². The summed E-state index contributed by atoms with van der Waals surface area (Å²) in [6.07, 6.45) is -3.77. The van der Waals surface area contributed by atoms with Crippen molar-refractivity contribution in [1.82, 2.24) is 0 Å². The lowest BCUT2D eigenvalue weighted by atomic mass is 10.3. The van der Waals surface area contributed by atoms with Crippen molar-refractivity contribution < 1.29 is 27.0 Å². The van der Waals surface area contributed by atoms with Gasteiger partial charge >= 0.3 is 12.3 Å². The highest BCUT2D eigenvalue weighted by Gasteiger charge is 2.41. The molecule has 0 radical (unpaired) electrons. The minimum absolute atomic E-state index is 0.0172. The van der Waals surface area contributed by atoms with E-state index in [-0.39, 0.29) is 11.5 Å². The molecule has 0 spiro atoms. The molecule has 0 bridgehead atoms. The molecule has 2 N–H and O–H groups in total. The van der Waals surface area contributed by atoms with E-state index >= 15 is 0 Å². The fourth-order valence-electron chi connectivity index (χ4n) is 1.02.